The van der Waals surface area contributed by atoms with Crippen LogP contribution in [0.15, 0.2) is 59.1 Å². The largest absolute Gasteiger partial charge is 0.493 e. The Morgan fingerprint density at radius 1 is 1.20 bits per heavy atom. The van der Waals surface area contributed by atoms with Crippen molar-refractivity contribution >= 4 is 45.5 Å². The lowest BCUT2D eigenvalue weighted by molar-refractivity contribution is -0.122. The third-order valence-electron chi connectivity index (χ3n) is 4.09. The van der Waals surface area contributed by atoms with E-state index in [1.807, 2.05) is 0 Å². The minimum Gasteiger partial charge on any atom is -0.493 e. The van der Waals surface area contributed by atoms with Gasteiger partial charge in [0.1, 0.15) is 18.0 Å². The van der Waals surface area contributed by atoms with Gasteiger partial charge in [0.15, 0.2) is 11.5 Å². The summed E-state index contributed by atoms with van der Waals surface area (Å²) in [6.07, 6.45) is 2.90. The molecule has 1 saturated heterocycles. The number of halogens is 2. The van der Waals surface area contributed by atoms with Crippen LogP contribution in [0.2, 0.25) is 0 Å². The Bertz CT molecular complexity index is 1070. The summed E-state index contributed by atoms with van der Waals surface area (Å²) in [4.78, 5) is 38.2. The number of benzene rings is 2. The fourth-order valence-electron chi connectivity index (χ4n) is 2.75. The third-order valence-corrected chi connectivity index (χ3v) is 4.68. The highest BCUT2D eigenvalue weighted by Gasteiger charge is 2.36. The van der Waals surface area contributed by atoms with E-state index in [1.54, 1.807) is 18.2 Å². The molecule has 0 unspecified atom stereocenters. The second-order valence-corrected chi connectivity index (χ2v) is 6.92. The van der Waals surface area contributed by atoms with E-state index in [0.717, 1.165) is 17.0 Å². The third kappa shape index (κ3) is 4.25. The number of amides is 4. The van der Waals surface area contributed by atoms with Crippen LogP contribution in [0.5, 0.6) is 11.5 Å². The highest BCUT2D eigenvalue weighted by Crippen LogP contribution is 2.37. The minimum atomic E-state index is -0.916. The van der Waals surface area contributed by atoms with Gasteiger partial charge in [-0.15, -0.1) is 0 Å². The molecule has 1 N–H and O–H groups in total. The van der Waals surface area contributed by atoms with Crippen LogP contribution < -0.4 is 19.7 Å². The number of hydrogen-bond acceptors (Lipinski definition) is 5. The van der Waals surface area contributed by atoms with Crippen molar-refractivity contribution in [3.8, 4) is 11.5 Å². The number of ether oxygens (including phenoxy) is 2. The molecule has 2 aromatic rings. The van der Waals surface area contributed by atoms with E-state index in [-0.39, 0.29) is 17.9 Å². The van der Waals surface area contributed by atoms with Crippen LogP contribution in [-0.4, -0.2) is 31.6 Å². The summed E-state index contributed by atoms with van der Waals surface area (Å²) in [5, 5.41) is 2.11. The van der Waals surface area contributed by atoms with Crippen molar-refractivity contribution in [3.63, 3.8) is 0 Å². The smallest absolute Gasteiger partial charge is 0.335 e. The molecule has 30 heavy (non-hydrogen) atoms. The van der Waals surface area contributed by atoms with Gasteiger partial charge in [-0.05, 0) is 64.0 Å². The number of anilines is 1. The Balaban J connectivity index is 2.01. The quantitative estimate of drug-likeness (QED) is 0.390. The lowest BCUT2D eigenvalue weighted by Crippen LogP contribution is -2.54. The molecule has 0 atom stereocenters. The summed E-state index contributed by atoms with van der Waals surface area (Å²) in [5.41, 5.74) is 0.313. The van der Waals surface area contributed by atoms with E-state index in [1.165, 1.54) is 25.3 Å². The Hall–Kier alpha value is -3.46. The van der Waals surface area contributed by atoms with E-state index < -0.39 is 23.7 Å². The van der Waals surface area contributed by atoms with Gasteiger partial charge in [-0.25, -0.2) is 14.1 Å². The Labute approximate surface area is 179 Å². The number of methoxy groups -OCH3 is 1. The van der Waals surface area contributed by atoms with Gasteiger partial charge >= 0.3 is 6.03 Å². The average Bonchev–Trinajstić information content (AvgIpc) is 2.71. The lowest BCUT2D eigenvalue weighted by Gasteiger charge is -2.26. The second kappa shape index (κ2) is 8.91. The van der Waals surface area contributed by atoms with Crippen molar-refractivity contribution in [3.05, 3.63) is 70.5 Å². The zero-order valence-corrected chi connectivity index (χ0v) is 17.4. The SMILES string of the molecule is C=CCOc1c(Br)cc(/C=C2/C(=O)NC(=O)N(c3ccc(F)cc3)C2=O)cc1OC. The number of barbiturate groups is 1. The highest BCUT2D eigenvalue weighted by molar-refractivity contribution is 9.10. The predicted octanol–water partition coefficient (Wildman–Crippen LogP) is 3.83. The molecule has 0 radical (unpaired) electrons. The van der Waals surface area contributed by atoms with Crippen molar-refractivity contribution in [2.45, 2.75) is 0 Å². The molecule has 0 spiro atoms. The monoisotopic (exact) mass is 474 g/mol. The van der Waals surface area contributed by atoms with Crippen molar-refractivity contribution in [2.24, 2.45) is 0 Å². The molecule has 9 heteroatoms. The second-order valence-electron chi connectivity index (χ2n) is 6.07. The Morgan fingerprint density at radius 2 is 1.90 bits per heavy atom. The highest BCUT2D eigenvalue weighted by atomic mass is 79.9. The Kier molecular flexibility index (Phi) is 6.31. The number of nitrogens with one attached hydrogen (secondary N) is 1. The fourth-order valence-corrected chi connectivity index (χ4v) is 3.33. The van der Waals surface area contributed by atoms with Crippen molar-refractivity contribution in [1.82, 2.24) is 5.32 Å². The van der Waals surface area contributed by atoms with Gasteiger partial charge in [0.05, 0.1) is 17.3 Å². The molecule has 3 rings (SSSR count). The Morgan fingerprint density at radius 3 is 2.53 bits per heavy atom. The normalized spacial score (nSPS) is 15.2. The molecule has 0 aromatic heterocycles. The van der Waals surface area contributed by atoms with Gasteiger partial charge in [-0.1, -0.05) is 12.7 Å². The lowest BCUT2D eigenvalue weighted by atomic mass is 10.1. The molecule has 1 fully saturated rings. The number of nitrogens with zero attached hydrogens (tertiary/aromatic N) is 1. The van der Waals surface area contributed by atoms with Crippen molar-refractivity contribution in [1.29, 1.82) is 0 Å². The van der Waals surface area contributed by atoms with Crippen LogP contribution in [0.1, 0.15) is 5.56 Å². The van der Waals surface area contributed by atoms with E-state index in [0.29, 0.717) is 21.5 Å². The average molecular weight is 475 g/mol. The molecule has 0 bridgehead atoms. The summed E-state index contributed by atoms with van der Waals surface area (Å²) in [7, 11) is 1.45. The summed E-state index contributed by atoms with van der Waals surface area (Å²) in [6.45, 7) is 3.84. The van der Waals surface area contributed by atoms with Gasteiger partial charge in [-0.2, -0.15) is 0 Å². The maximum atomic E-state index is 13.2. The van der Waals surface area contributed by atoms with E-state index in [4.69, 9.17) is 9.47 Å². The molecule has 1 heterocycles. The first-order valence-electron chi connectivity index (χ1n) is 8.64. The van der Waals surface area contributed by atoms with Gasteiger partial charge in [-0.3, -0.25) is 14.9 Å². The van der Waals surface area contributed by atoms with Crippen molar-refractivity contribution < 1.29 is 28.2 Å². The predicted molar refractivity (Wildman–Crippen MR) is 112 cm³/mol. The molecule has 1 aliphatic heterocycles. The molecule has 154 valence electrons. The van der Waals surface area contributed by atoms with Crippen LogP contribution in [0.3, 0.4) is 0 Å². The molecule has 1 aliphatic rings. The van der Waals surface area contributed by atoms with Crippen LogP contribution in [-0.2, 0) is 9.59 Å². The summed E-state index contributed by atoms with van der Waals surface area (Å²) < 4.78 is 24.6. The molecule has 2 aromatic carbocycles. The first kappa shape index (κ1) is 21.3. The van der Waals surface area contributed by atoms with Crippen LogP contribution in [0.4, 0.5) is 14.9 Å². The fraction of sp³-hybridized carbons (Fsp3) is 0.0952. The first-order valence-corrected chi connectivity index (χ1v) is 9.43. The summed E-state index contributed by atoms with van der Waals surface area (Å²) in [5.74, 6) is -1.40. The molecule has 4 amide bonds. The number of hydrogen-bond donors (Lipinski definition) is 1. The van der Waals surface area contributed by atoms with Gasteiger partial charge in [0.25, 0.3) is 11.8 Å². The van der Waals surface area contributed by atoms with Crippen LogP contribution in [0.25, 0.3) is 6.08 Å². The maximum Gasteiger partial charge on any atom is 0.335 e. The van der Waals surface area contributed by atoms with E-state index in [9.17, 15) is 18.8 Å². The van der Waals surface area contributed by atoms with Gasteiger partial charge in [0, 0.05) is 0 Å². The maximum absolute atomic E-state index is 13.2. The molecule has 0 saturated carbocycles. The molecule has 7 nitrogen and oxygen atoms in total. The number of imide groups is 2. The number of carbonyl (C=O) groups is 3. The topological polar surface area (TPSA) is 84.9 Å². The summed E-state index contributed by atoms with van der Waals surface area (Å²) >= 11 is 3.37. The van der Waals surface area contributed by atoms with Gasteiger partial charge < -0.3 is 9.47 Å². The van der Waals surface area contributed by atoms with Crippen LogP contribution >= 0.6 is 15.9 Å². The molecular formula is C21H16BrFN2O5. The van der Waals surface area contributed by atoms with E-state index in [2.05, 4.69) is 27.8 Å². The minimum absolute atomic E-state index is 0.129. The first-order chi connectivity index (χ1) is 14.3. The number of urea groups is 1. The van der Waals surface area contributed by atoms with Gasteiger partial charge in [0.2, 0.25) is 0 Å². The zero-order chi connectivity index (χ0) is 21.8. The molecular weight excluding hydrogens is 459 g/mol. The zero-order valence-electron chi connectivity index (χ0n) is 15.8. The standard InChI is InChI=1S/C21H16BrFN2O5/c1-3-8-30-18-16(22)10-12(11-17(18)29-2)9-15-19(26)24-21(28)25(20(15)27)14-6-4-13(23)5-7-14/h3-7,9-11H,1,8H2,2H3,(H,24,26,28)/b15-9-. The number of rotatable bonds is 6. The molecule has 0 aliphatic carbocycles. The van der Waals surface area contributed by atoms with E-state index >= 15 is 0 Å². The van der Waals surface area contributed by atoms with Crippen LogP contribution in [0, 0.1) is 5.82 Å². The summed E-state index contributed by atoms with van der Waals surface area (Å²) in [6, 6.07) is 7.06. The number of carbonyl (C=O) groups excluding carboxylic acids is 3. The van der Waals surface area contributed by atoms with Crippen molar-refractivity contribution in [2.75, 3.05) is 18.6 Å².